The number of fused-ring (bicyclic) bond motifs is 1. The zero-order chi connectivity index (χ0) is 19.6. The van der Waals surface area contributed by atoms with Crippen LogP contribution in [0.3, 0.4) is 0 Å². The Balaban J connectivity index is 1.70. The van der Waals surface area contributed by atoms with E-state index in [0.29, 0.717) is 25.1 Å². The molecule has 1 aliphatic heterocycles. The summed E-state index contributed by atoms with van der Waals surface area (Å²) in [5.74, 6) is 0.681. The van der Waals surface area contributed by atoms with Crippen molar-refractivity contribution in [3.05, 3.63) is 41.7 Å². The molecule has 144 valence electrons. The zero-order valence-electron chi connectivity index (χ0n) is 16.1. The molecule has 3 rings (SSSR count). The molecule has 0 saturated carbocycles. The molecule has 0 aliphatic carbocycles. The van der Waals surface area contributed by atoms with Crippen LogP contribution in [0.1, 0.15) is 22.5 Å². The number of nitrogens with one attached hydrogen (secondary N) is 1. The number of H-pyrrole nitrogens is 1. The van der Waals surface area contributed by atoms with E-state index in [1.54, 1.807) is 38.3 Å². The van der Waals surface area contributed by atoms with Gasteiger partial charge in [-0.15, -0.1) is 0 Å². The van der Waals surface area contributed by atoms with E-state index in [-0.39, 0.29) is 17.9 Å². The summed E-state index contributed by atoms with van der Waals surface area (Å²) in [6, 6.07) is 7.14. The van der Waals surface area contributed by atoms with Gasteiger partial charge in [0.2, 0.25) is 5.91 Å². The third kappa shape index (κ3) is 4.05. The van der Waals surface area contributed by atoms with E-state index in [9.17, 15) is 9.59 Å². The number of rotatable bonds is 5. The lowest BCUT2D eigenvalue weighted by Crippen LogP contribution is -2.44. The fourth-order valence-corrected chi connectivity index (χ4v) is 3.07. The largest absolute Gasteiger partial charge is 0.489 e. The van der Waals surface area contributed by atoms with Gasteiger partial charge in [-0.3, -0.25) is 14.7 Å². The monoisotopic (exact) mass is 371 g/mol. The van der Waals surface area contributed by atoms with Crippen LogP contribution in [0.4, 0.5) is 5.69 Å². The molecule has 0 bridgehead atoms. The normalized spacial score (nSPS) is 15.7. The van der Waals surface area contributed by atoms with E-state index in [4.69, 9.17) is 4.74 Å². The first kappa shape index (κ1) is 18.8. The minimum Gasteiger partial charge on any atom is -0.489 e. The summed E-state index contributed by atoms with van der Waals surface area (Å²) >= 11 is 0. The third-order valence-electron chi connectivity index (χ3n) is 4.77. The van der Waals surface area contributed by atoms with Crippen LogP contribution >= 0.6 is 0 Å². The van der Waals surface area contributed by atoms with Crippen molar-refractivity contribution in [2.24, 2.45) is 0 Å². The molecule has 1 aromatic carbocycles. The van der Waals surface area contributed by atoms with Crippen molar-refractivity contribution in [1.29, 1.82) is 0 Å². The SMILES string of the molecule is CN(C)C(=O)c1ccc2c(c1)N(C)C(CC(=O)N(C)Cc1ccn[nH]1)CO2. The summed E-state index contributed by atoms with van der Waals surface area (Å²) in [4.78, 5) is 30.1. The summed E-state index contributed by atoms with van der Waals surface area (Å²) in [5.41, 5.74) is 2.30. The van der Waals surface area contributed by atoms with Crippen LogP contribution in [-0.2, 0) is 11.3 Å². The molecule has 27 heavy (non-hydrogen) atoms. The predicted octanol–water partition coefficient (Wildman–Crippen LogP) is 1.36. The number of carbonyl (C=O) groups excluding carboxylic acids is 2. The highest BCUT2D eigenvalue weighted by Gasteiger charge is 2.28. The van der Waals surface area contributed by atoms with Crippen LogP contribution in [-0.4, -0.2) is 72.7 Å². The molecule has 8 heteroatoms. The van der Waals surface area contributed by atoms with E-state index in [0.717, 1.165) is 17.1 Å². The van der Waals surface area contributed by atoms with Crippen LogP contribution < -0.4 is 9.64 Å². The second-order valence-corrected chi connectivity index (χ2v) is 6.99. The summed E-state index contributed by atoms with van der Waals surface area (Å²) in [7, 11) is 7.14. The number of aromatic amines is 1. The quantitative estimate of drug-likeness (QED) is 0.858. The van der Waals surface area contributed by atoms with Crippen LogP contribution in [0, 0.1) is 0 Å². The molecule has 1 unspecified atom stereocenters. The van der Waals surface area contributed by atoms with Gasteiger partial charge in [0.1, 0.15) is 12.4 Å². The number of anilines is 1. The van der Waals surface area contributed by atoms with Crippen LogP contribution in [0.25, 0.3) is 0 Å². The summed E-state index contributed by atoms with van der Waals surface area (Å²) in [5, 5.41) is 6.76. The molecule has 0 radical (unpaired) electrons. The van der Waals surface area contributed by atoms with Gasteiger partial charge in [-0.2, -0.15) is 5.10 Å². The minimum absolute atomic E-state index is 0.0222. The summed E-state index contributed by atoms with van der Waals surface area (Å²) in [6.07, 6.45) is 1.99. The number of nitrogens with zero attached hydrogens (tertiary/aromatic N) is 4. The Kier molecular flexibility index (Phi) is 5.34. The van der Waals surface area contributed by atoms with Crippen molar-refractivity contribution in [3.8, 4) is 5.75 Å². The number of likely N-dealkylation sites (N-methyl/N-ethyl adjacent to an activating group) is 1. The topological polar surface area (TPSA) is 81.8 Å². The van der Waals surface area contributed by atoms with Gasteiger partial charge in [0, 0.05) is 40.0 Å². The van der Waals surface area contributed by atoms with Crippen molar-refractivity contribution in [1.82, 2.24) is 20.0 Å². The standard InChI is InChI=1S/C19H25N5O3/c1-22(2)19(26)13-5-6-17-16(9-13)24(4)15(12-27-17)10-18(25)23(3)11-14-7-8-20-21-14/h5-9,15H,10-12H2,1-4H3,(H,20,21). The molecule has 0 saturated heterocycles. The molecule has 2 aromatic rings. The number of carbonyl (C=O) groups is 2. The van der Waals surface area contributed by atoms with Gasteiger partial charge < -0.3 is 19.4 Å². The Labute approximate surface area is 158 Å². The van der Waals surface area contributed by atoms with Gasteiger partial charge in [-0.05, 0) is 24.3 Å². The second-order valence-electron chi connectivity index (χ2n) is 6.99. The fraction of sp³-hybridized carbons (Fsp3) is 0.421. The highest BCUT2D eigenvalue weighted by atomic mass is 16.5. The van der Waals surface area contributed by atoms with E-state index >= 15 is 0 Å². The Morgan fingerprint density at radius 3 is 2.74 bits per heavy atom. The predicted molar refractivity (Wildman–Crippen MR) is 102 cm³/mol. The number of hydrogen-bond acceptors (Lipinski definition) is 5. The number of hydrogen-bond donors (Lipinski definition) is 1. The number of ether oxygens (including phenoxy) is 1. The van der Waals surface area contributed by atoms with Gasteiger partial charge in [-0.25, -0.2) is 0 Å². The Morgan fingerprint density at radius 1 is 1.30 bits per heavy atom. The van der Waals surface area contributed by atoms with E-state index in [2.05, 4.69) is 10.2 Å². The maximum Gasteiger partial charge on any atom is 0.253 e. The van der Waals surface area contributed by atoms with E-state index < -0.39 is 0 Å². The lowest BCUT2D eigenvalue weighted by molar-refractivity contribution is -0.131. The minimum atomic E-state index is -0.0982. The van der Waals surface area contributed by atoms with Crippen molar-refractivity contribution in [3.63, 3.8) is 0 Å². The van der Waals surface area contributed by atoms with Crippen molar-refractivity contribution in [2.45, 2.75) is 19.0 Å². The summed E-state index contributed by atoms with van der Waals surface area (Å²) < 4.78 is 5.83. The molecule has 1 atom stereocenters. The van der Waals surface area contributed by atoms with Gasteiger partial charge in [0.15, 0.2) is 0 Å². The van der Waals surface area contributed by atoms with Crippen molar-refractivity contribution in [2.75, 3.05) is 39.7 Å². The molecule has 2 amide bonds. The first-order valence-electron chi connectivity index (χ1n) is 8.80. The van der Waals surface area contributed by atoms with Crippen LogP contribution in [0.2, 0.25) is 0 Å². The van der Waals surface area contributed by atoms with Gasteiger partial charge in [-0.1, -0.05) is 0 Å². The van der Waals surface area contributed by atoms with Gasteiger partial charge >= 0.3 is 0 Å². The second kappa shape index (κ2) is 7.69. The van der Waals surface area contributed by atoms with Crippen LogP contribution in [0.5, 0.6) is 5.75 Å². The molecular weight excluding hydrogens is 346 g/mol. The lowest BCUT2D eigenvalue weighted by atomic mass is 10.1. The van der Waals surface area contributed by atoms with E-state index in [1.165, 1.54) is 4.90 Å². The third-order valence-corrected chi connectivity index (χ3v) is 4.77. The maximum absolute atomic E-state index is 12.6. The highest BCUT2D eigenvalue weighted by molar-refractivity contribution is 5.95. The first-order valence-corrected chi connectivity index (χ1v) is 8.80. The molecule has 1 N–H and O–H groups in total. The first-order chi connectivity index (χ1) is 12.9. The molecule has 1 aliphatic rings. The molecule has 1 aromatic heterocycles. The van der Waals surface area contributed by atoms with Crippen LogP contribution in [0.15, 0.2) is 30.5 Å². The smallest absolute Gasteiger partial charge is 0.253 e. The van der Waals surface area contributed by atoms with Crippen molar-refractivity contribution < 1.29 is 14.3 Å². The van der Waals surface area contributed by atoms with Gasteiger partial charge in [0.25, 0.3) is 5.91 Å². The average molecular weight is 371 g/mol. The van der Waals surface area contributed by atoms with Crippen molar-refractivity contribution >= 4 is 17.5 Å². The lowest BCUT2D eigenvalue weighted by Gasteiger charge is -2.36. The maximum atomic E-state index is 12.6. The molecule has 2 heterocycles. The molecule has 0 fully saturated rings. The fourth-order valence-electron chi connectivity index (χ4n) is 3.07. The number of aromatic nitrogens is 2. The number of benzene rings is 1. The average Bonchev–Trinajstić information content (AvgIpc) is 3.16. The Morgan fingerprint density at radius 2 is 2.07 bits per heavy atom. The Bertz CT molecular complexity index is 819. The Hall–Kier alpha value is -3.03. The summed E-state index contributed by atoms with van der Waals surface area (Å²) in [6.45, 7) is 0.905. The molecular formula is C19H25N5O3. The molecule has 0 spiro atoms. The van der Waals surface area contributed by atoms with Gasteiger partial charge in [0.05, 0.1) is 30.4 Å². The number of amides is 2. The zero-order valence-corrected chi connectivity index (χ0v) is 16.1. The van der Waals surface area contributed by atoms with E-state index in [1.807, 2.05) is 30.1 Å². The molecule has 8 nitrogen and oxygen atoms in total. The highest BCUT2D eigenvalue weighted by Crippen LogP contribution is 2.34.